The Kier molecular flexibility index (Phi) is 3.95. The van der Waals surface area contributed by atoms with Gasteiger partial charge >= 0.3 is 0 Å². The Morgan fingerprint density at radius 1 is 1.06 bits per heavy atom. The molecule has 0 unspecified atom stereocenters. The smallest absolute Gasteiger partial charge is 0.255 e. The number of nitrogens with one attached hydrogen (secondary N) is 1. The van der Waals surface area contributed by atoms with Crippen molar-refractivity contribution in [3.63, 3.8) is 0 Å². The van der Waals surface area contributed by atoms with Crippen molar-refractivity contribution in [2.24, 2.45) is 0 Å². The largest absolute Gasteiger partial charge is 0.322 e. The summed E-state index contributed by atoms with van der Waals surface area (Å²) in [5, 5.41) is 3.93. The third-order valence-corrected chi connectivity index (χ3v) is 3.00. The molecule has 0 saturated heterocycles. The number of halogens is 2. The Bertz CT molecular complexity index is 601. The van der Waals surface area contributed by atoms with Crippen molar-refractivity contribution in [2.75, 3.05) is 5.32 Å². The van der Waals surface area contributed by atoms with E-state index in [1.165, 1.54) is 0 Å². The van der Waals surface area contributed by atoms with Gasteiger partial charge in [-0.3, -0.25) is 4.79 Å². The van der Waals surface area contributed by atoms with Crippen LogP contribution < -0.4 is 10.8 Å². The van der Waals surface area contributed by atoms with Crippen LogP contribution in [0.5, 0.6) is 0 Å². The second-order valence-corrected chi connectivity index (χ2v) is 4.80. The molecule has 2 aromatic rings. The van der Waals surface area contributed by atoms with E-state index in [0.29, 0.717) is 21.3 Å². The fourth-order valence-corrected chi connectivity index (χ4v) is 1.92. The first-order chi connectivity index (χ1) is 8.56. The highest BCUT2D eigenvalue weighted by atomic mass is 35.5. The zero-order chi connectivity index (χ0) is 13.1. The molecule has 0 fully saturated rings. The van der Waals surface area contributed by atoms with Gasteiger partial charge in [-0.2, -0.15) is 0 Å². The Morgan fingerprint density at radius 3 is 2.50 bits per heavy atom. The van der Waals surface area contributed by atoms with Crippen molar-refractivity contribution in [1.29, 1.82) is 0 Å². The number of anilines is 1. The predicted molar refractivity (Wildman–Crippen MR) is 79.0 cm³/mol. The van der Waals surface area contributed by atoms with Crippen LogP contribution >= 0.6 is 23.2 Å². The third kappa shape index (κ3) is 3.06. The van der Waals surface area contributed by atoms with Gasteiger partial charge in [0.1, 0.15) is 7.85 Å². The first kappa shape index (κ1) is 13.0. The van der Waals surface area contributed by atoms with Crippen LogP contribution in [-0.4, -0.2) is 13.8 Å². The molecule has 0 aliphatic rings. The average molecular weight is 278 g/mol. The Morgan fingerprint density at radius 2 is 1.78 bits per heavy atom. The summed E-state index contributed by atoms with van der Waals surface area (Å²) in [6, 6.07) is 12.2. The van der Waals surface area contributed by atoms with Gasteiger partial charge in [-0.05, 0) is 30.3 Å². The van der Waals surface area contributed by atoms with Crippen molar-refractivity contribution < 1.29 is 4.79 Å². The number of carbonyl (C=O) groups is 1. The second-order valence-electron chi connectivity index (χ2n) is 3.92. The van der Waals surface area contributed by atoms with E-state index < -0.39 is 0 Å². The minimum absolute atomic E-state index is 0.206. The van der Waals surface area contributed by atoms with Crippen LogP contribution in [0.4, 0.5) is 5.69 Å². The van der Waals surface area contributed by atoms with Gasteiger partial charge in [-0.15, -0.1) is 0 Å². The van der Waals surface area contributed by atoms with E-state index in [4.69, 9.17) is 23.2 Å². The summed E-state index contributed by atoms with van der Waals surface area (Å²) < 4.78 is 0. The Balaban J connectivity index is 2.24. The molecular formula is C13H10BCl2NO. The van der Waals surface area contributed by atoms with E-state index in [2.05, 4.69) is 5.32 Å². The number of amides is 1. The molecule has 0 bridgehead atoms. The zero-order valence-electron chi connectivity index (χ0n) is 9.71. The molecule has 0 aromatic heterocycles. The van der Waals surface area contributed by atoms with Crippen LogP contribution in [0.2, 0.25) is 10.0 Å². The molecular weight excluding hydrogens is 268 g/mol. The van der Waals surface area contributed by atoms with Crippen LogP contribution in [0.25, 0.3) is 0 Å². The fraction of sp³-hybridized carbons (Fsp3) is 0. The maximum atomic E-state index is 12.0. The van der Waals surface area contributed by atoms with Gasteiger partial charge in [0.25, 0.3) is 5.91 Å². The maximum absolute atomic E-state index is 12.0. The average Bonchev–Trinajstić information content (AvgIpc) is 2.34. The number of hydrogen-bond donors (Lipinski definition) is 1. The van der Waals surface area contributed by atoms with Crippen molar-refractivity contribution in [1.82, 2.24) is 0 Å². The van der Waals surface area contributed by atoms with Crippen LogP contribution in [0.3, 0.4) is 0 Å². The van der Waals surface area contributed by atoms with E-state index in [0.717, 1.165) is 5.46 Å². The molecule has 2 nitrogen and oxygen atoms in total. The molecule has 5 heteroatoms. The van der Waals surface area contributed by atoms with Gasteiger partial charge in [0, 0.05) is 21.3 Å². The number of carbonyl (C=O) groups excluding carboxylic acids is 1. The molecule has 2 aromatic carbocycles. The lowest BCUT2D eigenvalue weighted by molar-refractivity contribution is 0.102. The van der Waals surface area contributed by atoms with Gasteiger partial charge in [0.15, 0.2) is 0 Å². The minimum atomic E-state index is -0.206. The van der Waals surface area contributed by atoms with E-state index in [1.54, 1.807) is 36.4 Å². The van der Waals surface area contributed by atoms with E-state index in [1.807, 2.05) is 13.9 Å². The van der Waals surface area contributed by atoms with Crippen LogP contribution in [0.1, 0.15) is 10.4 Å². The summed E-state index contributed by atoms with van der Waals surface area (Å²) in [6.45, 7) is 0. The molecule has 0 aliphatic heterocycles. The minimum Gasteiger partial charge on any atom is -0.322 e. The first-order valence-electron chi connectivity index (χ1n) is 5.39. The summed E-state index contributed by atoms with van der Waals surface area (Å²) in [5.74, 6) is -0.206. The lowest BCUT2D eigenvalue weighted by atomic mass is 9.94. The molecule has 0 radical (unpaired) electrons. The molecule has 1 amide bonds. The first-order valence-corrected chi connectivity index (χ1v) is 6.15. The maximum Gasteiger partial charge on any atom is 0.255 e. The molecule has 90 valence electrons. The van der Waals surface area contributed by atoms with Crippen LogP contribution in [0.15, 0.2) is 42.5 Å². The molecule has 0 heterocycles. The van der Waals surface area contributed by atoms with Gasteiger partial charge < -0.3 is 5.32 Å². The molecule has 0 saturated carbocycles. The third-order valence-electron chi connectivity index (χ3n) is 2.53. The van der Waals surface area contributed by atoms with Gasteiger partial charge in [-0.1, -0.05) is 40.8 Å². The predicted octanol–water partition coefficient (Wildman–Crippen LogP) is 2.50. The zero-order valence-corrected chi connectivity index (χ0v) is 11.2. The van der Waals surface area contributed by atoms with E-state index in [9.17, 15) is 4.79 Å². The van der Waals surface area contributed by atoms with Crippen LogP contribution in [-0.2, 0) is 0 Å². The topological polar surface area (TPSA) is 29.1 Å². The van der Waals surface area contributed by atoms with Gasteiger partial charge in [0.05, 0.1) is 0 Å². The summed E-state index contributed by atoms with van der Waals surface area (Å²) in [7, 11) is 1.91. The normalized spacial score (nSPS) is 10.1. The monoisotopic (exact) mass is 277 g/mol. The van der Waals surface area contributed by atoms with E-state index in [-0.39, 0.29) is 5.91 Å². The summed E-state index contributed by atoms with van der Waals surface area (Å²) in [6.07, 6.45) is 0. The lowest BCUT2D eigenvalue weighted by Gasteiger charge is -2.09. The highest BCUT2D eigenvalue weighted by molar-refractivity contribution is 6.38. The van der Waals surface area contributed by atoms with E-state index >= 15 is 0 Å². The molecule has 0 aliphatic carbocycles. The number of benzene rings is 2. The summed E-state index contributed by atoms with van der Waals surface area (Å²) >= 11 is 11.7. The van der Waals surface area contributed by atoms with Crippen molar-refractivity contribution >= 4 is 48.1 Å². The quantitative estimate of drug-likeness (QED) is 0.840. The van der Waals surface area contributed by atoms with Crippen LogP contribution in [0, 0.1) is 0 Å². The summed E-state index contributed by atoms with van der Waals surface area (Å²) in [4.78, 5) is 12.0. The molecule has 2 rings (SSSR count). The SMILES string of the molecule is Bc1ccc(Cl)cc1NC(=O)c1cccc(Cl)c1. The van der Waals surface area contributed by atoms with Crippen molar-refractivity contribution in [3.8, 4) is 0 Å². The Labute approximate surface area is 116 Å². The highest BCUT2D eigenvalue weighted by Gasteiger charge is 2.08. The Hall–Kier alpha value is -1.45. The number of hydrogen-bond acceptors (Lipinski definition) is 1. The molecule has 0 atom stereocenters. The van der Waals surface area contributed by atoms with Crippen molar-refractivity contribution in [3.05, 3.63) is 58.1 Å². The van der Waals surface area contributed by atoms with Gasteiger partial charge in [-0.25, -0.2) is 0 Å². The molecule has 0 spiro atoms. The molecule has 1 N–H and O–H groups in total. The summed E-state index contributed by atoms with van der Waals surface area (Å²) in [5.41, 5.74) is 2.17. The standard InChI is InChI=1S/C13H10BCl2NO/c14-11-5-4-10(16)7-12(11)17-13(18)8-2-1-3-9(15)6-8/h1-7H,14H2,(H,17,18). The molecule has 18 heavy (non-hydrogen) atoms. The van der Waals surface area contributed by atoms with Crippen molar-refractivity contribution in [2.45, 2.75) is 0 Å². The highest BCUT2D eigenvalue weighted by Crippen LogP contribution is 2.15. The van der Waals surface area contributed by atoms with Gasteiger partial charge in [0.2, 0.25) is 0 Å². The second kappa shape index (κ2) is 5.47. The number of rotatable bonds is 2. The lowest BCUT2D eigenvalue weighted by Crippen LogP contribution is -2.18. The fourth-order valence-electron chi connectivity index (χ4n) is 1.55.